The summed E-state index contributed by atoms with van der Waals surface area (Å²) in [7, 11) is 0. The largest absolute Gasteiger partial charge is 0.265 e. The molecule has 4 aromatic carbocycles. The maximum atomic E-state index is 5.10. The van der Waals surface area contributed by atoms with Crippen LogP contribution in [0.2, 0.25) is 0 Å². The number of fused-ring (bicyclic) bond motifs is 3. The fourth-order valence-corrected chi connectivity index (χ4v) is 5.71. The van der Waals surface area contributed by atoms with Gasteiger partial charge in [-0.15, -0.1) is 0 Å². The van der Waals surface area contributed by atoms with E-state index in [1.807, 2.05) is 36.4 Å². The zero-order chi connectivity index (χ0) is 29.3. The molecule has 5 heteroatoms. The lowest BCUT2D eigenvalue weighted by atomic mass is 9.94. The first-order chi connectivity index (χ1) is 21.8. The molecule has 4 heterocycles. The molecule has 0 atom stereocenters. The molecule has 0 unspecified atom stereocenters. The minimum absolute atomic E-state index is 0.653. The fraction of sp³-hybridized carbons (Fsp3) is 0. The maximum absolute atomic E-state index is 5.10. The molecule has 0 fully saturated rings. The van der Waals surface area contributed by atoms with Crippen LogP contribution < -0.4 is 0 Å². The van der Waals surface area contributed by atoms with Gasteiger partial charge in [-0.05, 0) is 64.4 Å². The van der Waals surface area contributed by atoms with Crippen molar-refractivity contribution in [1.82, 2.24) is 24.9 Å². The minimum atomic E-state index is 0.653. The van der Waals surface area contributed by atoms with E-state index in [0.717, 1.165) is 61.4 Å². The van der Waals surface area contributed by atoms with Gasteiger partial charge in [0.15, 0.2) is 5.82 Å². The fourth-order valence-electron chi connectivity index (χ4n) is 5.71. The number of aromatic nitrogens is 5. The molecule has 44 heavy (non-hydrogen) atoms. The third-order valence-electron chi connectivity index (χ3n) is 7.90. The molecule has 4 aromatic heterocycles. The minimum Gasteiger partial charge on any atom is -0.265 e. The monoisotopic (exact) mass is 563 g/mol. The quantitative estimate of drug-likeness (QED) is 0.195. The highest BCUT2D eigenvalue weighted by atomic mass is 14.9. The van der Waals surface area contributed by atoms with Gasteiger partial charge in [0, 0.05) is 52.4 Å². The lowest BCUT2D eigenvalue weighted by Crippen LogP contribution is -1.96. The van der Waals surface area contributed by atoms with Gasteiger partial charge in [0.2, 0.25) is 0 Å². The van der Waals surface area contributed by atoms with E-state index < -0.39 is 0 Å². The van der Waals surface area contributed by atoms with Crippen molar-refractivity contribution in [2.24, 2.45) is 0 Å². The Morgan fingerprint density at radius 1 is 0.386 bits per heavy atom. The van der Waals surface area contributed by atoms with E-state index in [-0.39, 0.29) is 0 Å². The molecule has 0 spiro atoms. The van der Waals surface area contributed by atoms with E-state index in [1.165, 1.54) is 10.8 Å². The van der Waals surface area contributed by atoms with E-state index in [9.17, 15) is 0 Å². The first-order valence-electron chi connectivity index (χ1n) is 14.5. The van der Waals surface area contributed by atoms with Crippen molar-refractivity contribution in [2.45, 2.75) is 0 Å². The van der Waals surface area contributed by atoms with Crippen molar-refractivity contribution in [3.63, 3.8) is 0 Å². The molecule has 206 valence electrons. The molecule has 0 aliphatic carbocycles. The van der Waals surface area contributed by atoms with Gasteiger partial charge >= 0.3 is 0 Å². The predicted molar refractivity (Wildman–Crippen MR) is 178 cm³/mol. The molecular formula is C39H25N5. The summed E-state index contributed by atoms with van der Waals surface area (Å²) in [6.45, 7) is 0. The summed E-state index contributed by atoms with van der Waals surface area (Å²) in [5.41, 5.74) is 9.88. The van der Waals surface area contributed by atoms with Gasteiger partial charge in [0.25, 0.3) is 0 Å². The van der Waals surface area contributed by atoms with Crippen molar-refractivity contribution in [2.75, 3.05) is 0 Å². The number of nitrogens with zero attached hydrogens (tertiary/aromatic N) is 5. The van der Waals surface area contributed by atoms with Crippen LogP contribution in [0.5, 0.6) is 0 Å². The van der Waals surface area contributed by atoms with Gasteiger partial charge in [-0.1, -0.05) is 84.9 Å². The van der Waals surface area contributed by atoms with Crippen LogP contribution in [0.15, 0.2) is 152 Å². The van der Waals surface area contributed by atoms with Gasteiger partial charge in [-0.2, -0.15) is 0 Å². The number of hydrogen-bond acceptors (Lipinski definition) is 5. The SMILES string of the molecule is c1ccc(-c2cc(-c3ccc(-c4cc(-c5ccncc5)nc(-c5ccncc5)n4)cc3)c3c(ccc4ccccc43)n2)cc1. The molecule has 0 saturated heterocycles. The number of rotatable bonds is 5. The van der Waals surface area contributed by atoms with Crippen molar-refractivity contribution in [3.05, 3.63) is 152 Å². The molecule has 0 amide bonds. The van der Waals surface area contributed by atoms with E-state index in [4.69, 9.17) is 15.0 Å². The van der Waals surface area contributed by atoms with Gasteiger partial charge in [0.1, 0.15) is 0 Å². The Labute approximate surface area is 254 Å². The second-order valence-electron chi connectivity index (χ2n) is 10.6. The molecule has 5 nitrogen and oxygen atoms in total. The Balaban J connectivity index is 1.29. The average molecular weight is 564 g/mol. The molecule has 8 aromatic rings. The molecule has 0 saturated carbocycles. The Morgan fingerprint density at radius 2 is 0.955 bits per heavy atom. The molecule has 8 rings (SSSR count). The first kappa shape index (κ1) is 25.6. The first-order valence-corrected chi connectivity index (χ1v) is 14.5. The standard InChI is InChI=1S/C39H25N5/c1-2-7-28(8-3-1)35-24-33(38-32-9-5-4-6-26(32)14-15-34(38)42-35)27-10-12-29(13-11-27)36-25-37(30-16-20-40-21-17-30)44-39(43-36)31-18-22-41-23-19-31/h1-25H. The Morgan fingerprint density at radius 3 is 1.68 bits per heavy atom. The van der Waals surface area contributed by atoms with Crippen LogP contribution in [-0.4, -0.2) is 24.9 Å². The summed E-state index contributed by atoms with van der Waals surface area (Å²) < 4.78 is 0. The zero-order valence-electron chi connectivity index (χ0n) is 23.7. The predicted octanol–water partition coefficient (Wildman–Crippen LogP) is 9.30. The van der Waals surface area contributed by atoms with Crippen molar-refractivity contribution in [3.8, 4) is 56.3 Å². The van der Waals surface area contributed by atoms with Crippen LogP contribution in [0.3, 0.4) is 0 Å². The second kappa shape index (κ2) is 11.0. The summed E-state index contributed by atoms with van der Waals surface area (Å²) in [6, 6.07) is 43.9. The lowest BCUT2D eigenvalue weighted by Gasteiger charge is -2.14. The van der Waals surface area contributed by atoms with Crippen LogP contribution in [0.25, 0.3) is 78.0 Å². The molecule has 0 aliphatic rings. The maximum Gasteiger partial charge on any atom is 0.160 e. The van der Waals surface area contributed by atoms with Gasteiger partial charge in [-0.25, -0.2) is 15.0 Å². The van der Waals surface area contributed by atoms with E-state index in [2.05, 4.69) is 101 Å². The van der Waals surface area contributed by atoms with Crippen molar-refractivity contribution >= 4 is 21.7 Å². The molecular weight excluding hydrogens is 538 g/mol. The molecule has 0 radical (unpaired) electrons. The van der Waals surface area contributed by atoms with Gasteiger partial charge in [-0.3, -0.25) is 9.97 Å². The summed E-state index contributed by atoms with van der Waals surface area (Å²) in [5, 5.41) is 3.54. The summed E-state index contributed by atoms with van der Waals surface area (Å²) in [6.07, 6.45) is 7.09. The van der Waals surface area contributed by atoms with E-state index in [1.54, 1.807) is 24.8 Å². The lowest BCUT2D eigenvalue weighted by molar-refractivity contribution is 1.17. The van der Waals surface area contributed by atoms with Crippen molar-refractivity contribution in [1.29, 1.82) is 0 Å². The highest BCUT2D eigenvalue weighted by molar-refractivity contribution is 6.13. The Bertz CT molecular complexity index is 2190. The third kappa shape index (κ3) is 4.76. The smallest absolute Gasteiger partial charge is 0.160 e. The molecule has 0 N–H and O–H groups in total. The van der Waals surface area contributed by atoms with E-state index >= 15 is 0 Å². The van der Waals surface area contributed by atoms with Crippen molar-refractivity contribution < 1.29 is 0 Å². The van der Waals surface area contributed by atoms with Gasteiger partial charge < -0.3 is 0 Å². The van der Waals surface area contributed by atoms with Gasteiger partial charge in [0.05, 0.1) is 22.6 Å². The van der Waals surface area contributed by atoms with Crippen LogP contribution in [0, 0.1) is 0 Å². The Kier molecular flexibility index (Phi) is 6.39. The number of benzene rings is 4. The highest BCUT2D eigenvalue weighted by Crippen LogP contribution is 2.37. The third-order valence-corrected chi connectivity index (χ3v) is 7.90. The highest BCUT2D eigenvalue weighted by Gasteiger charge is 2.14. The van der Waals surface area contributed by atoms with Crippen LogP contribution in [0.1, 0.15) is 0 Å². The van der Waals surface area contributed by atoms with E-state index in [0.29, 0.717) is 5.82 Å². The normalized spacial score (nSPS) is 11.2. The molecule has 0 aliphatic heterocycles. The average Bonchev–Trinajstić information content (AvgIpc) is 3.12. The van der Waals surface area contributed by atoms with Crippen LogP contribution in [-0.2, 0) is 0 Å². The summed E-state index contributed by atoms with van der Waals surface area (Å²) in [5.74, 6) is 0.653. The zero-order valence-corrected chi connectivity index (χ0v) is 23.7. The van der Waals surface area contributed by atoms with Crippen LogP contribution >= 0.6 is 0 Å². The van der Waals surface area contributed by atoms with Crippen LogP contribution in [0.4, 0.5) is 0 Å². The summed E-state index contributed by atoms with van der Waals surface area (Å²) >= 11 is 0. The number of hydrogen-bond donors (Lipinski definition) is 0. The Hall–Kier alpha value is -6.07. The second-order valence-corrected chi connectivity index (χ2v) is 10.6. The summed E-state index contributed by atoms with van der Waals surface area (Å²) in [4.78, 5) is 23.3. The molecule has 0 bridgehead atoms. The topological polar surface area (TPSA) is 64.5 Å². The number of pyridine rings is 3.